The first-order chi connectivity index (χ1) is 11.1. The first kappa shape index (κ1) is 19.1. The van der Waals surface area contributed by atoms with Gasteiger partial charge in [0.2, 0.25) is 0 Å². The second kappa shape index (κ2) is 7.79. The van der Waals surface area contributed by atoms with E-state index in [1.807, 2.05) is 20.8 Å². The third kappa shape index (κ3) is 5.71. The van der Waals surface area contributed by atoms with Crippen molar-refractivity contribution in [1.82, 2.24) is 9.88 Å². The highest BCUT2D eigenvalue weighted by atomic mass is 35.5. The maximum absolute atomic E-state index is 12.4. The molecule has 134 valence electrons. The largest absolute Gasteiger partial charge is 0.491 e. The predicted molar refractivity (Wildman–Crippen MR) is 94.9 cm³/mol. The van der Waals surface area contributed by atoms with Crippen LogP contribution in [-0.4, -0.2) is 40.8 Å². The summed E-state index contributed by atoms with van der Waals surface area (Å²) in [5, 5.41) is 0.553. The van der Waals surface area contributed by atoms with Crippen molar-refractivity contribution < 1.29 is 14.3 Å². The Hall–Kier alpha value is -1.20. The van der Waals surface area contributed by atoms with Crippen LogP contribution in [0.3, 0.4) is 0 Å². The number of halogens is 2. The fourth-order valence-corrected chi connectivity index (χ4v) is 3.13. The molecule has 5 nitrogen and oxygen atoms in total. The number of amides is 1. The Morgan fingerprint density at radius 2 is 1.96 bits per heavy atom. The highest BCUT2D eigenvalue weighted by molar-refractivity contribution is 6.32. The molecule has 1 aromatic heterocycles. The van der Waals surface area contributed by atoms with Gasteiger partial charge < -0.3 is 14.4 Å². The van der Waals surface area contributed by atoms with Gasteiger partial charge in [-0.3, -0.25) is 0 Å². The van der Waals surface area contributed by atoms with E-state index < -0.39 is 5.60 Å². The summed E-state index contributed by atoms with van der Waals surface area (Å²) in [6, 6.07) is 3.17. The molecule has 1 fully saturated rings. The zero-order valence-electron chi connectivity index (χ0n) is 14.5. The van der Waals surface area contributed by atoms with Gasteiger partial charge in [0.1, 0.15) is 28.3 Å². The van der Waals surface area contributed by atoms with Crippen LogP contribution in [0.4, 0.5) is 4.79 Å². The molecule has 24 heavy (non-hydrogen) atoms. The van der Waals surface area contributed by atoms with Gasteiger partial charge in [-0.15, -0.1) is 0 Å². The van der Waals surface area contributed by atoms with Crippen molar-refractivity contribution in [3.05, 3.63) is 22.4 Å². The Morgan fingerprint density at radius 1 is 1.33 bits per heavy atom. The number of rotatable bonds is 3. The molecule has 0 unspecified atom stereocenters. The second-order valence-corrected chi connectivity index (χ2v) is 7.99. The van der Waals surface area contributed by atoms with E-state index in [1.54, 1.807) is 17.0 Å². The molecule has 0 bridgehead atoms. The van der Waals surface area contributed by atoms with Crippen LogP contribution in [0.2, 0.25) is 10.3 Å². The van der Waals surface area contributed by atoms with E-state index in [0.717, 1.165) is 12.8 Å². The molecule has 1 aliphatic rings. The molecule has 1 saturated heterocycles. The van der Waals surface area contributed by atoms with Gasteiger partial charge in [0.25, 0.3) is 0 Å². The normalized spacial score (nSPS) is 21.5. The lowest BCUT2D eigenvalue weighted by Gasteiger charge is -2.38. The standard InChI is InChI=1S/C17H24Cl2N2O3/c1-11-5-6-21(16(22)24-17(2,3)4)12(7-11)10-23-13-8-14(18)20-15(19)9-13/h8-9,11-12H,5-7,10H2,1-4H3/t11-,12-/m0/s1. The van der Waals surface area contributed by atoms with Crippen LogP contribution in [0.15, 0.2) is 12.1 Å². The van der Waals surface area contributed by atoms with Crippen molar-refractivity contribution in [2.45, 2.75) is 52.2 Å². The van der Waals surface area contributed by atoms with Crippen LogP contribution < -0.4 is 4.74 Å². The summed E-state index contributed by atoms with van der Waals surface area (Å²) >= 11 is 11.8. The Kier molecular flexibility index (Phi) is 6.21. The molecule has 0 spiro atoms. The number of hydrogen-bond donors (Lipinski definition) is 0. The zero-order valence-corrected chi connectivity index (χ0v) is 16.0. The minimum atomic E-state index is -0.516. The summed E-state index contributed by atoms with van der Waals surface area (Å²) in [5.41, 5.74) is -0.516. The molecule has 2 heterocycles. The molecule has 7 heteroatoms. The van der Waals surface area contributed by atoms with Crippen molar-refractivity contribution in [1.29, 1.82) is 0 Å². The number of pyridine rings is 1. The molecule has 1 aromatic rings. The molecule has 1 aliphatic heterocycles. The Labute approximate surface area is 153 Å². The minimum absolute atomic E-state index is 0.0469. The molecule has 2 atom stereocenters. The number of carbonyl (C=O) groups excluding carboxylic acids is 1. The van der Waals surface area contributed by atoms with Gasteiger partial charge in [-0.25, -0.2) is 9.78 Å². The molecular weight excluding hydrogens is 351 g/mol. The lowest BCUT2D eigenvalue weighted by Crippen LogP contribution is -2.50. The van der Waals surface area contributed by atoms with E-state index in [-0.39, 0.29) is 22.4 Å². The van der Waals surface area contributed by atoms with Crippen molar-refractivity contribution >= 4 is 29.3 Å². The summed E-state index contributed by atoms with van der Waals surface area (Å²) in [7, 11) is 0. The van der Waals surface area contributed by atoms with Crippen molar-refractivity contribution in [2.24, 2.45) is 5.92 Å². The number of carbonyl (C=O) groups is 1. The number of hydrogen-bond acceptors (Lipinski definition) is 4. The van der Waals surface area contributed by atoms with E-state index in [9.17, 15) is 4.79 Å². The van der Waals surface area contributed by atoms with Crippen LogP contribution >= 0.6 is 23.2 Å². The van der Waals surface area contributed by atoms with Gasteiger partial charge in [-0.05, 0) is 39.5 Å². The van der Waals surface area contributed by atoms with Crippen molar-refractivity contribution in [2.75, 3.05) is 13.2 Å². The molecule has 0 N–H and O–H groups in total. The molecule has 2 rings (SSSR count). The summed E-state index contributed by atoms with van der Waals surface area (Å²) in [6.07, 6.45) is 1.53. The zero-order chi connectivity index (χ0) is 17.9. The first-order valence-corrected chi connectivity index (χ1v) is 8.85. The summed E-state index contributed by atoms with van der Waals surface area (Å²) in [5.74, 6) is 1.07. The van der Waals surface area contributed by atoms with Gasteiger partial charge in [-0.1, -0.05) is 30.1 Å². The van der Waals surface area contributed by atoms with Crippen LogP contribution in [0.1, 0.15) is 40.5 Å². The molecular formula is C17H24Cl2N2O3. The Bertz CT molecular complexity index is 569. The third-order valence-electron chi connectivity index (χ3n) is 3.78. The second-order valence-electron chi connectivity index (χ2n) is 7.22. The van der Waals surface area contributed by atoms with Crippen LogP contribution in [0.25, 0.3) is 0 Å². The molecule has 0 aromatic carbocycles. The summed E-state index contributed by atoms with van der Waals surface area (Å²) < 4.78 is 11.3. The maximum atomic E-state index is 12.4. The van der Waals surface area contributed by atoms with Crippen LogP contribution in [0.5, 0.6) is 5.75 Å². The maximum Gasteiger partial charge on any atom is 0.410 e. The average Bonchev–Trinajstić information content (AvgIpc) is 2.42. The fourth-order valence-electron chi connectivity index (χ4n) is 2.69. The predicted octanol–water partition coefficient (Wildman–Crippen LogP) is 4.80. The van der Waals surface area contributed by atoms with Gasteiger partial charge in [0, 0.05) is 18.7 Å². The molecule has 0 aliphatic carbocycles. The fraction of sp³-hybridized carbons (Fsp3) is 0.647. The number of aromatic nitrogens is 1. The molecule has 0 radical (unpaired) electrons. The Balaban J connectivity index is 2.04. The summed E-state index contributed by atoms with van der Waals surface area (Å²) in [6.45, 7) is 8.81. The smallest absolute Gasteiger partial charge is 0.410 e. The van der Waals surface area contributed by atoms with Gasteiger partial charge in [0.05, 0.1) is 6.04 Å². The SMILES string of the molecule is C[C@H]1CCN(C(=O)OC(C)(C)C)[C@H](COc2cc(Cl)nc(Cl)c2)C1. The van der Waals surface area contributed by atoms with E-state index >= 15 is 0 Å². The van der Waals surface area contributed by atoms with Gasteiger partial charge >= 0.3 is 6.09 Å². The Morgan fingerprint density at radius 3 is 2.54 bits per heavy atom. The monoisotopic (exact) mass is 374 g/mol. The van der Waals surface area contributed by atoms with Gasteiger partial charge in [0.15, 0.2) is 0 Å². The quantitative estimate of drug-likeness (QED) is 0.712. The third-order valence-corrected chi connectivity index (χ3v) is 4.17. The lowest BCUT2D eigenvalue weighted by molar-refractivity contribution is -0.00150. The van der Waals surface area contributed by atoms with Crippen LogP contribution in [0, 0.1) is 5.92 Å². The topological polar surface area (TPSA) is 51.7 Å². The number of nitrogens with zero attached hydrogens (tertiary/aromatic N) is 2. The van der Waals surface area contributed by atoms with Gasteiger partial charge in [-0.2, -0.15) is 0 Å². The van der Waals surface area contributed by atoms with E-state index in [2.05, 4.69) is 11.9 Å². The average molecular weight is 375 g/mol. The number of ether oxygens (including phenoxy) is 2. The first-order valence-electron chi connectivity index (χ1n) is 8.09. The van der Waals surface area contributed by atoms with Crippen molar-refractivity contribution in [3.8, 4) is 5.75 Å². The highest BCUT2D eigenvalue weighted by Gasteiger charge is 2.33. The van der Waals surface area contributed by atoms with Crippen LogP contribution in [-0.2, 0) is 4.74 Å². The summed E-state index contributed by atoms with van der Waals surface area (Å²) in [4.78, 5) is 18.1. The minimum Gasteiger partial charge on any atom is -0.491 e. The van der Waals surface area contributed by atoms with Crippen molar-refractivity contribution in [3.63, 3.8) is 0 Å². The lowest BCUT2D eigenvalue weighted by atomic mass is 9.93. The molecule has 0 saturated carbocycles. The van der Waals surface area contributed by atoms with E-state index in [0.29, 0.717) is 24.8 Å². The van der Waals surface area contributed by atoms with E-state index in [4.69, 9.17) is 32.7 Å². The number of piperidine rings is 1. The molecule has 1 amide bonds. The highest BCUT2D eigenvalue weighted by Crippen LogP contribution is 2.26. The number of likely N-dealkylation sites (tertiary alicyclic amines) is 1. The van der Waals surface area contributed by atoms with E-state index in [1.165, 1.54) is 0 Å².